The van der Waals surface area contributed by atoms with E-state index in [9.17, 15) is 4.79 Å². The highest BCUT2D eigenvalue weighted by Gasteiger charge is 2.52. The van der Waals surface area contributed by atoms with Crippen molar-refractivity contribution in [3.05, 3.63) is 18.0 Å². The average molecular weight is 359 g/mol. The summed E-state index contributed by atoms with van der Waals surface area (Å²) in [5.41, 5.74) is 0.518. The molecule has 2 N–H and O–H groups in total. The van der Waals surface area contributed by atoms with E-state index in [4.69, 9.17) is 14.4 Å². The van der Waals surface area contributed by atoms with Gasteiger partial charge in [0.15, 0.2) is 0 Å². The topological polar surface area (TPSA) is 123 Å². The smallest absolute Gasteiger partial charge is 0.404 e. The minimum absolute atomic E-state index is 0.0739. The number of hydrogen-bond acceptors (Lipinski definition) is 7. The minimum atomic E-state index is -0.955. The molecule has 2 aromatic heterocycles. The van der Waals surface area contributed by atoms with E-state index in [1.54, 1.807) is 12.1 Å². The minimum Gasteiger partial charge on any atom is -0.480 e. The first-order valence-corrected chi connectivity index (χ1v) is 8.73. The fraction of sp³-hybridized carbons (Fsp3) is 0.588. The number of fused-ring (bicyclic) bond motifs is 3. The molecule has 3 aliphatic rings. The fourth-order valence-electron chi connectivity index (χ4n) is 4.20. The maximum absolute atomic E-state index is 10.8. The predicted octanol–water partition coefficient (Wildman–Crippen LogP) is 2.39. The Kier molecular flexibility index (Phi) is 4.01. The van der Waals surface area contributed by atoms with Crippen LogP contribution in [0.25, 0.3) is 11.5 Å². The van der Waals surface area contributed by atoms with Gasteiger partial charge in [0, 0.05) is 18.0 Å². The quantitative estimate of drug-likeness (QED) is 0.834. The van der Waals surface area contributed by atoms with Crippen molar-refractivity contribution in [2.75, 3.05) is 13.7 Å². The summed E-state index contributed by atoms with van der Waals surface area (Å²) in [6.45, 7) is 0.523. The maximum Gasteiger partial charge on any atom is 0.404 e. The van der Waals surface area contributed by atoms with Gasteiger partial charge in [-0.1, -0.05) is 5.16 Å². The first kappa shape index (κ1) is 16.7. The van der Waals surface area contributed by atoms with Crippen LogP contribution in [0.2, 0.25) is 0 Å². The van der Waals surface area contributed by atoms with Crippen LogP contribution in [0.4, 0.5) is 4.79 Å². The van der Waals surface area contributed by atoms with Gasteiger partial charge in [-0.2, -0.15) is 4.98 Å². The highest BCUT2D eigenvalue weighted by atomic mass is 16.5. The van der Waals surface area contributed by atoms with Gasteiger partial charge in [-0.15, -0.1) is 10.2 Å². The zero-order valence-corrected chi connectivity index (χ0v) is 14.6. The van der Waals surface area contributed by atoms with Gasteiger partial charge >= 0.3 is 6.09 Å². The summed E-state index contributed by atoms with van der Waals surface area (Å²) < 4.78 is 10.6. The molecule has 9 heteroatoms. The van der Waals surface area contributed by atoms with E-state index in [-0.39, 0.29) is 10.8 Å². The Balaban J connectivity index is 1.49. The standard InChI is InChI=1S/C17H21N5O4/c1-25-12-3-2-11(20-21-12)13-19-14(26-22-13)17-7-4-16(5-8-17,6-9-17)10-18-15(23)24/h2-3,18H,4-10H2,1H3,(H,23,24). The molecular formula is C17H21N5O4. The fourth-order valence-corrected chi connectivity index (χ4v) is 4.20. The van der Waals surface area contributed by atoms with Crippen LogP contribution in [0, 0.1) is 5.41 Å². The molecule has 0 saturated heterocycles. The lowest BCUT2D eigenvalue weighted by Crippen LogP contribution is -2.49. The Morgan fingerprint density at radius 3 is 2.54 bits per heavy atom. The van der Waals surface area contributed by atoms with Crippen molar-refractivity contribution in [3.8, 4) is 17.4 Å². The van der Waals surface area contributed by atoms with Crippen molar-refractivity contribution in [1.29, 1.82) is 0 Å². The van der Waals surface area contributed by atoms with E-state index in [1.165, 1.54) is 7.11 Å². The maximum atomic E-state index is 10.8. The third kappa shape index (κ3) is 2.87. The van der Waals surface area contributed by atoms with E-state index in [1.807, 2.05) is 0 Å². The van der Waals surface area contributed by atoms with Gasteiger partial charge in [-0.25, -0.2) is 4.79 Å². The predicted molar refractivity (Wildman–Crippen MR) is 89.7 cm³/mol. The van der Waals surface area contributed by atoms with Crippen LogP contribution in [0.15, 0.2) is 16.7 Å². The lowest BCUT2D eigenvalue weighted by atomic mass is 9.53. The highest BCUT2D eigenvalue weighted by Crippen LogP contribution is 2.57. The van der Waals surface area contributed by atoms with Crippen molar-refractivity contribution >= 4 is 6.09 Å². The molecule has 3 saturated carbocycles. The van der Waals surface area contributed by atoms with Crippen LogP contribution < -0.4 is 10.1 Å². The first-order valence-electron chi connectivity index (χ1n) is 8.73. The molecule has 26 heavy (non-hydrogen) atoms. The molecule has 9 nitrogen and oxygen atoms in total. The van der Waals surface area contributed by atoms with Crippen LogP contribution in [0.3, 0.4) is 0 Å². The summed E-state index contributed by atoms with van der Waals surface area (Å²) in [6.07, 6.45) is 4.75. The molecule has 0 spiro atoms. The third-order valence-electron chi connectivity index (χ3n) is 5.97. The number of hydrogen-bond donors (Lipinski definition) is 2. The van der Waals surface area contributed by atoms with E-state index < -0.39 is 6.09 Å². The van der Waals surface area contributed by atoms with E-state index in [2.05, 4.69) is 25.7 Å². The van der Waals surface area contributed by atoms with Crippen molar-refractivity contribution in [2.45, 2.75) is 43.9 Å². The van der Waals surface area contributed by atoms with Crippen LogP contribution in [-0.4, -0.2) is 45.2 Å². The van der Waals surface area contributed by atoms with Crippen LogP contribution in [0.5, 0.6) is 5.88 Å². The zero-order valence-electron chi connectivity index (χ0n) is 14.6. The molecule has 1 amide bonds. The second-order valence-corrected chi connectivity index (χ2v) is 7.32. The van der Waals surface area contributed by atoms with Crippen molar-refractivity contribution < 1.29 is 19.2 Å². The van der Waals surface area contributed by atoms with Crippen molar-refractivity contribution in [3.63, 3.8) is 0 Å². The van der Waals surface area contributed by atoms with Crippen molar-refractivity contribution in [1.82, 2.24) is 25.7 Å². The van der Waals surface area contributed by atoms with Crippen LogP contribution >= 0.6 is 0 Å². The summed E-state index contributed by atoms with van der Waals surface area (Å²) in [7, 11) is 1.54. The van der Waals surface area contributed by atoms with E-state index in [0.29, 0.717) is 29.8 Å². The molecular weight excluding hydrogens is 338 g/mol. The number of carbonyl (C=O) groups is 1. The second kappa shape index (κ2) is 6.22. The molecule has 2 heterocycles. The lowest BCUT2D eigenvalue weighted by molar-refractivity contribution is 0.0236. The van der Waals surface area contributed by atoms with Gasteiger partial charge in [0.05, 0.1) is 7.11 Å². The van der Waals surface area contributed by atoms with Gasteiger partial charge in [0.25, 0.3) is 0 Å². The van der Waals surface area contributed by atoms with Gasteiger partial charge in [-0.3, -0.25) is 0 Å². The van der Waals surface area contributed by atoms with Gasteiger partial charge < -0.3 is 19.7 Å². The van der Waals surface area contributed by atoms with Crippen LogP contribution in [0.1, 0.15) is 44.4 Å². The summed E-state index contributed by atoms with van der Waals surface area (Å²) in [5.74, 6) is 1.52. The molecule has 3 fully saturated rings. The van der Waals surface area contributed by atoms with Crippen LogP contribution in [-0.2, 0) is 5.41 Å². The first-order chi connectivity index (χ1) is 12.5. The van der Waals surface area contributed by atoms with Gasteiger partial charge in [0.1, 0.15) is 5.69 Å². The lowest BCUT2D eigenvalue weighted by Gasteiger charge is -2.51. The average Bonchev–Trinajstić information content (AvgIpc) is 3.19. The Morgan fingerprint density at radius 1 is 1.23 bits per heavy atom. The number of rotatable bonds is 5. The Bertz CT molecular complexity index is 779. The van der Waals surface area contributed by atoms with Gasteiger partial charge in [-0.05, 0) is 50.0 Å². The number of amides is 1. The number of nitrogens with zero attached hydrogens (tertiary/aromatic N) is 4. The molecule has 2 bridgehead atoms. The molecule has 5 rings (SSSR count). The summed E-state index contributed by atoms with van der Waals surface area (Å²) >= 11 is 0. The Hall–Kier alpha value is -2.71. The number of ether oxygens (including phenoxy) is 1. The third-order valence-corrected chi connectivity index (χ3v) is 5.97. The summed E-state index contributed by atoms with van der Waals surface area (Å²) in [4.78, 5) is 15.4. The molecule has 0 atom stereocenters. The van der Waals surface area contributed by atoms with E-state index in [0.717, 1.165) is 38.5 Å². The SMILES string of the molecule is COc1ccc(-c2noc(C34CCC(CNC(=O)O)(CC3)CC4)n2)nn1. The largest absolute Gasteiger partial charge is 0.480 e. The molecule has 0 aromatic carbocycles. The molecule has 0 unspecified atom stereocenters. The Morgan fingerprint density at radius 2 is 1.96 bits per heavy atom. The zero-order chi connectivity index (χ0) is 18.2. The monoisotopic (exact) mass is 359 g/mol. The van der Waals surface area contributed by atoms with Gasteiger partial charge in [0.2, 0.25) is 17.6 Å². The molecule has 138 valence electrons. The summed E-state index contributed by atoms with van der Waals surface area (Å²) in [5, 5.41) is 23.5. The molecule has 3 aliphatic carbocycles. The number of methoxy groups -OCH3 is 1. The Labute approximate surface area is 150 Å². The van der Waals surface area contributed by atoms with E-state index >= 15 is 0 Å². The molecule has 0 radical (unpaired) electrons. The molecule has 2 aromatic rings. The van der Waals surface area contributed by atoms with Crippen molar-refractivity contribution in [2.24, 2.45) is 5.41 Å². The second-order valence-electron chi connectivity index (χ2n) is 7.32. The normalized spacial score (nSPS) is 27.3. The number of carboxylic acid groups (broad SMARTS) is 1. The molecule has 0 aliphatic heterocycles. The summed E-state index contributed by atoms with van der Waals surface area (Å²) in [6, 6.07) is 3.46. The number of aromatic nitrogens is 4. The highest BCUT2D eigenvalue weighted by molar-refractivity contribution is 5.64. The number of nitrogens with one attached hydrogen (secondary N) is 1.